The molecule has 3 rings (SSSR count). The van der Waals surface area contributed by atoms with Crippen LogP contribution in [0.15, 0.2) is 35.6 Å². The molecule has 8 heteroatoms. The molecule has 0 bridgehead atoms. The fraction of sp³-hybridized carbons (Fsp3) is 0.412. The van der Waals surface area contributed by atoms with E-state index in [1.807, 2.05) is 39.1 Å². The van der Waals surface area contributed by atoms with Gasteiger partial charge in [-0.05, 0) is 26.0 Å². The number of rotatable bonds is 6. The Morgan fingerprint density at radius 3 is 2.84 bits per heavy atom. The predicted molar refractivity (Wildman–Crippen MR) is 98.3 cm³/mol. The van der Waals surface area contributed by atoms with Crippen LogP contribution in [0.1, 0.15) is 18.6 Å². The van der Waals surface area contributed by atoms with Crippen LogP contribution in [0.25, 0.3) is 11.0 Å². The summed E-state index contributed by atoms with van der Waals surface area (Å²) in [7, 11) is 1.87. The van der Waals surface area contributed by atoms with Crippen molar-refractivity contribution in [2.75, 3.05) is 13.1 Å². The van der Waals surface area contributed by atoms with Gasteiger partial charge >= 0.3 is 0 Å². The van der Waals surface area contributed by atoms with Gasteiger partial charge < -0.3 is 15.2 Å². The molecule has 0 amide bonds. The van der Waals surface area contributed by atoms with Crippen LogP contribution in [0, 0.1) is 6.92 Å². The molecule has 0 saturated carbocycles. The third-order valence-corrected chi connectivity index (χ3v) is 4.00. The predicted octanol–water partition coefficient (Wildman–Crippen LogP) is 1.23. The van der Waals surface area contributed by atoms with Gasteiger partial charge in [0, 0.05) is 26.7 Å². The molecular formula is C17H24N8. The summed E-state index contributed by atoms with van der Waals surface area (Å²) in [6, 6.07) is 8.20. The van der Waals surface area contributed by atoms with E-state index < -0.39 is 0 Å². The summed E-state index contributed by atoms with van der Waals surface area (Å²) in [5.74, 6) is 2.62. The zero-order valence-electron chi connectivity index (χ0n) is 14.9. The monoisotopic (exact) mass is 340 g/mol. The van der Waals surface area contributed by atoms with Crippen molar-refractivity contribution in [1.82, 2.24) is 34.9 Å². The van der Waals surface area contributed by atoms with Crippen molar-refractivity contribution in [2.45, 2.75) is 26.9 Å². The second-order valence-corrected chi connectivity index (χ2v) is 5.72. The van der Waals surface area contributed by atoms with Gasteiger partial charge in [-0.2, -0.15) is 5.10 Å². The molecule has 0 aliphatic rings. The highest BCUT2D eigenvalue weighted by Crippen LogP contribution is 2.14. The largest absolute Gasteiger partial charge is 0.357 e. The van der Waals surface area contributed by atoms with E-state index in [1.54, 1.807) is 4.68 Å². The van der Waals surface area contributed by atoms with E-state index in [-0.39, 0.29) is 0 Å². The molecule has 2 heterocycles. The Kier molecular flexibility index (Phi) is 5.27. The molecule has 3 aromatic rings. The molecule has 2 aromatic heterocycles. The number of hydrogen-bond acceptors (Lipinski definition) is 4. The first kappa shape index (κ1) is 16.9. The maximum Gasteiger partial charge on any atom is 0.191 e. The van der Waals surface area contributed by atoms with Crippen molar-refractivity contribution in [3.63, 3.8) is 0 Å². The van der Waals surface area contributed by atoms with Crippen LogP contribution in [-0.2, 0) is 20.1 Å². The van der Waals surface area contributed by atoms with Crippen molar-refractivity contribution in [2.24, 2.45) is 12.0 Å². The number of aromatic nitrogens is 5. The summed E-state index contributed by atoms with van der Waals surface area (Å²) in [6.45, 7) is 6.95. The standard InChI is InChI=1S/C17H24N8/c1-4-18-17(20-11-16-21-12-22-24(16)3)19-9-10-25-13(2)23-14-7-5-6-8-15(14)25/h5-8,12H,4,9-11H2,1-3H3,(H2,18,19,20). The van der Waals surface area contributed by atoms with E-state index in [0.717, 1.165) is 48.3 Å². The fourth-order valence-corrected chi connectivity index (χ4v) is 2.72. The van der Waals surface area contributed by atoms with Crippen molar-refractivity contribution in [3.8, 4) is 0 Å². The Balaban J connectivity index is 1.63. The molecular weight excluding hydrogens is 316 g/mol. The third kappa shape index (κ3) is 3.96. The normalized spacial score (nSPS) is 11.9. The molecule has 0 saturated heterocycles. The van der Waals surface area contributed by atoms with E-state index >= 15 is 0 Å². The number of para-hydroxylation sites is 2. The topological polar surface area (TPSA) is 85.0 Å². The first-order chi connectivity index (χ1) is 12.2. The smallest absolute Gasteiger partial charge is 0.191 e. The molecule has 25 heavy (non-hydrogen) atoms. The SMILES string of the molecule is CCNC(=NCc1ncnn1C)NCCn1c(C)nc2ccccc21. The lowest BCUT2D eigenvalue weighted by molar-refractivity contribution is 0.656. The quantitative estimate of drug-likeness (QED) is 0.521. The summed E-state index contributed by atoms with van der Waals surface area (Å²) in [5.41, 5.74) is 2.19. The van der Waals surface area contributed by atoms with Crippen molar-refractivity contribution in [1.29, 1.82) is 0 Å². The van der Waals surface area contributed by atoms with Gasteiger partial charge in [-0.15, -0.1) is 0 Å². The molecule has 1 aromatic carbocycles. The molecule has 2 N–H and O–H groups in total. The molecule has 8 nitrogen and oxygen atoms in total. The Hall–Kier alpha value is -2.90. The maximum absolute atomic E-state index is 4.60. The van der Waals surface area contributed by atoms with Crippen LogP contribution < -0.4 is 10.6 Å². The first-order valence-electron chi connectivity index (χ1n) is 8.46. The van der Waals surface area contributed by atoms with Gasteiger partial charge in [0.15, 0.2) is 5.96 Å². The number of guanidine groups is 1. The van der Waals surface area contributed by atoms with Crippen LogP contribution in [0.4, 0.5) is 0 Å². The van der Waals surface area contributed by atoms with Gasteiger partial charge in [0.25, 0.3) is 0 Å². The van der Waals surface area contributed by atoms with Crippen molar-refractivity contribution in [3.05, 3.63) is 42.2 Å². The maximum atomic E-state index is 4.60. The fourth-order valence-electron chi connectivity index (χ4n) is 2.72. The number of hydrogen-bond donors (Lipinski definition) is 2. The van der Waals surface area contributed by atoms with Crippen LogP contribution in [0.5, 0.6) is 0 Å². The van der Waals surface area contributed by atoms with E-state index in [1.165, 1.54) is 6.33 Å². The first-order valence-corrected chi connectivity index (χ1v) is 8.46. The highest BCUT2D eigenvalue weighted by atomic mass is 15.3. The minimum atomic E-state index is 0.485. The lowest BCUT2D eigenvalue weighted by Crippen LogP contribution is -2.39. The lowest BCUT2D eigenvalue weighted by Gasteiger charge is -2.12. The molecule has 0 atom stereocenters. The van der Waals surface area contributed by atoms with E-state index in [9.17, 15) is 0 Å². The number of benzene rings is 1. The average molecular weight is 340 g/mol. The van der Waals surface area contributed by atoms with Gasteiger partial charge in [0.2, 0.25) is 0 Å². The summed E-state index contributed by atoms with van der Waals surface area (Å²) >= 11 is 0. The molecule has 0 unspecified atom stereocenters. The Morgan fingerprint density at radius 1 is 1.24 bits per heavy atom. The number of nitrogens with one attached hydrogen (secondary N) is 2. The van der Waals surface area contributed by atoms with E-state index in [2.05, 4.69) is 41.3 Å². The van der Waals surface area contributed by atoms with Gasteiger partial charge in [0.1, 0.15) is 24.5 Å². The summed E-state index contributed by atoms with van der Waals surface area (Å²) in [5, 5.41) is 10.7. The Bertz CT molecular complexity index is 861. The number of fused-ring (bicyclic) bond motifs is 1. The number of nitrogens with zero attached hydrogens (tertiary/aromatic N) is 6. The van der Waals surface area contributed by atoms with Gasteiger partial charge in [-0.1, -0.05) is 12.1 Å². The summed E-state index contributed by atoms with van der Waals surface area (Å²) in [4.78, 5) is 13.4. The highest BCUT2D eigenvalue weighted by Gasteiger charge is 2.07. The zero-order valence-corrected chi connectivity index (χ0v) is 14.9. The van der Waals surface area contributed by atoms with Gasteiger partial charge in [0.05, 0.1) is 11.0 Å². The Labute approximate surface area is 147 Å². The third-order valence-electron chi connectivity index (χ3n) is 4.00. The minimum Gasteiger partial charge on any atom is -0.357 e. The number of imidazole rings is 1. The van der Waals surface area contributed by atoms with Crippen LogP contribution in [0.3, 0.4) is 0 Å². The minimum absolute atomic E-state index is 0.485. The van der Waals surface area contributed by atoms with E-state index in [0.29, 0.717) is 6.54 Å². The molecule has 0 aliphatic carbocycles. The zero-order chi connectivity index (χ0) is 17.6. The average Bonchev–Trinajstić information content (AvgIpc) is 3.15. The summed E-state index contributed by atoms with van der Waals surface area (Å²) in [6.07, 6.45) is 1.54. The molecule has 0 fully saturated rings. The van der Waals surface area contributed by atoms with Crippen LogP contribution in [0.2, 0.25) is 0 Å². The van der Waals surface area contributed by atoms with Crippen LogP contribution >= 0.6 is 0 Å². The second-order valence-electron chi connectivity index (χ2n) is 5.72. The second kappa shape index (κ2) is 7.78. The molecule has 0 aliphatic heterocycles. The molecule has 0 radical (unpaired) electrons. The van der Waals surface area contributed by atoms with Gasteiger partial charge in [-0.3, -0.25) is 4.68 Å². The van der Waals surface area contributed by atoms with Gasteiger partial charge in [-0.25, -0.2) is 15.0 Å². The molecule has 132 valence electrons. The van der Waals surface area contributed by atoms with Crippen LogP contribution in [-0.4, -0.2) is 43.4 Å². The number of aryl methyl sites for hydroxylation is 2. The summed E-state index contributed by atoms with van der Waals surface area (Å²) < 4.78 is 3.95. The van der Waals surface area contributed by atoms with Crippen molar-refractivity contribution < 1.29 is 0 Å². The highest BCUT2D eigenvalue weighted by molar-refractivity contribution is 5.79. The Morgan fingerprint density at radius 2 is 2.08 bits per heavy atom. The van der Waals surface area contributed by atoms with Crippen molar-refractivity contribution >= 4 is 17.0 Å². The lowest BCUT2D eigenvalue weighted by atomic mass is 10.3. The number of aliphatic imine (C=N–C) groups is 1. The van der Waals surface area contributed by atoms with E-state index in [4.69, 9.17) is 0 Å². The molecule has 0 spiro atoms.